The first-order chi connectivity index (χ1) is 17.0. The summed E-state index contributed by atoms with van der Waals surface area (Å²) >= 11 is 5.64. The van der Waals surface area contributed by atoms with E-state index < -0.39 is 5.82 Å². The van der Waals surface area contributed by atoms with E-state index in [-0.39, 0.29) is 11.1 Å². The third-order valence-electron chi connectivity index (χ3n) is 7.54. The van der Waals surface area contributed by atoms with Crippen LogP contribution in [0.25, 0.3) is 0 Å². The molecule has 5 rings (SSSR count). The van der Waals surface area contributed by atoms with E-state index in [1.807, 2.05) is 12.1 Å². The predicted octanol–water partition coefficient (Wildman–Crippen LogP) is 6.48. The fourth-order valence-corrected chi connectivity index (χ4v) is 5.73. The molecule has 186 valence electrons. The Bertz CT molecular complexity index is 1070. The van der Waals surface area contributed by atoms with Crippen molar-refractivity contribution in [3.05, 3.63) is 64.4 Å². The molecular weight excluding hydrogens is 463 g/mol. The highest BCUT2D eigenvalue weighted by molar-refractivity contribution is 6.31. The van der Waals surface area contributed by atoms with Crippen LogP contribution in [0.2, 0.25) is 5.02 Å². The zero-order chi connectivity index (χ0) is 24.7. The molecule has 2 aliphatic carbocycles. The summed E-state index contributed by atoms with van der Waals surface area (Å²) in [5.74, 6) is 0.420. The lowest BCUT2D eigenvalue weighted by atomic mass is 9.82. The summed E-state index contributed by atoms with van der Waals surface area (Å²) in [6, 6.07) is 14.3. The van der Waals surface area contributed by atoms with Crippen molar-refractivity contribution in [2.75, 3.05) is 31.5 Å². The molecule has 35 heavy (non-hydrogen) atoms. The van der Waals surface area contributed by atoms with Gasteiger partial charge in [0.1, 0.15) is 5.82 Å². The largest absolute Gasteiger partial charge is 0.338 e. The van der Waals surface area contributed by atoms with Gasteiger partial charge in [-0.2, -0.15) is 5.26 Å². The lowest BCUT2D eigenvalue weighted by Gasteiger charge is -2.22. The monoisotopic (exact) mass is 496 g/mol. The molecule has 2 aromatic rings. The van der Waals surface area contributed by atoms with E-state index in [0.717, 1.165) is 24.4 Å². The van der Waals surface area contributed by atoms with Crippen LogP contribution in [0, 0.1) is 23.1 Å². The van der Waals surface area contributed by atoms with Crippen LogP contribution in [0.3, 0.4) is 0 Å². The van der Waals surface area contributed by atoms with Gasteiger partial charge in [-0.3, -0.25) is 0 Å². The summed E-state index contributed by atoms with van der Waals surface area (Å²) in [6.45, 7) is 3.97. The van der Waals surface area contributed by atoms with Crippen molar-refractivity contribution in [2.45, 2.75) is 56.8 Å². The first-order valence-electron chi connectivity index (χ1n) is 12.7. The highest BCUT2D eigenvalue weighted by Gasteiger charge is 2.55. The topological polar surface area (TPSA) is 68.2 Å². The van der Waals surface area contributed by atoms with Crippen LogP contribution in [0.5, 0.6) is 0 Å². The zero-order valence-corrected chi connectivity index (χ0v) is 20.9. The Morgan fingerprint density at radius 1 is 1.17 bits per heavy atom. The number of carbonyl (C=O) groups excluding carboxylic acids is 1. The molecule has 2 N–H and O–H groups in total. The minimum atomic E-state index is -0.497. The molecular formula is C28H34ClFN4O. The van der Waals surface area contributed by atoms with Crippen LogP contribution in [0.4, 0.5) is 14.9 Å². The fraction of sp³-hybridized carbons (Fsp3) is 0.500. The summed E-state index contributed by atoms with van der Waals surface area (Å²) in [5, 5.41) is 14.3. The van der Waals surface area contributed by atoms with Crippen LogP contribution < -0.4 is 10.6 Å². The van der Waals surface area contributed by atoms with Gasteiger partial charge in [0.25, 0.3) is 0 Å². The van der Waals surface area contributed by atoms with Crippen molar-refractivity contribution in [1.29, 1.82) is 5.26 Å². The molecule has 5 nitrogen and oxygen atoms in total. The normalized spacial score (nSPS) is 22.8. The number of amides is 2. The van der Waals surface area contributed by atoms with Crippen LogP contribution in [-0.4, -0.2) is 37.1 Å². The molecule has 0 aromatic heterocycles. The van der Waals surface area contributed by atoms with Crippen LogP contribution >= 0.6 is 11.6 Å². The number of hydrogen-bond acceptors (Lipinski definition) is 3. The Balaban J connectivity index is 0.000000171. The van der Waals surface area contributed by atoms with Gasteiger partial charge in [0, 0.05) is 12.2 Å². The number of likely N-dealkylation sites (tertiary alicyclic amines) is 1. The second kappa shape index (κ2) is 11.9. The van der Waals surface area contributed by atoms with Crippen molar-refractivity contribution in [2.24, 2.45) is 5.92 Å². The molecule has 2 atom stereocenters. The van der Waals surface area contributed by atoms with Crippen LogP contribution in [0.15, 0.2) is 42.5 Å². The number of hydrogen-bond donors (Lipinski definition) is 2. The Hall–Kier alpha value is -2.62. The van der Waals surface area contributed by atoms with Crippen LogP contribution in [-0.2, 0) is 5.41 Å². The number of rotatable bonds is 6. The quantitative estimate of drug-likeness (QED) is 0.450. The van der Waals surface area contributed by atoms with E-state index in [1.54, 1.807) is 0 Å². The molecule has 7 heteroatoms. The van der Waals surface area contributed by atoms with E-state index in [1.165, 1.54) is 81.8 Å². The summed E-state index contributed by atoms with van der Waals surface area (Å²) < 4.78 is 13.0. The predicted molar refractivity (Wildman–Crippen MR) is 138 cm³/mol. The Morgan fingerprint density at radius 3 is 2.74 bits per heavy atom. The molecule has 0 bridgehead atoms. The lowest BCUT2D eigenvalue weighted by molar-refractivity contribution is 0.251. The molecule has 1 aliphatic heterocycles. The number of nitrogens with one attached hydrogen (secondary N) is 2. The number of fused-ring (bicyclic) bond motifs is 1. The standard InChI is InChI=1S/C14H19ClFN3O.C14H15N/c15-12-10-11(4-5-13(12)16)18-14(20)17-6-3-9-19-7-1-2-8-19;15-10-11-4-3-6-12(8-11)14-7-2-1-5-13(14)9-14/h4-5,10H,1-3,6-9H2,(H2,17,18,20);3-4,6,8,13H,1-2,5,7,9H2. The van der Waals surface area contributed by atoms with Gasteiger partial charge in [0.05, 0.1) is 16.7 Å². The third-order valence-corrected chi connectivity index (χ3v) is 7.83. The maximum atomic E-state index is 13.0. The average molecular weight is 497 g/mol. The van der Waals surface area contributed by atoms with Crippen molar-refractivity contribution >= 4 is 23.3 Å². The summed E-state index contributed by atoms with van der Waals surface area (Å²) in [5.41, 5.74) is 3.20. The van der Waals surface area contributed by atoms with Gasteiger partial charge in [-0.05, 0) is 105 Å². The van der Waals surface area contributed by atoms with Gasteiger partial charge in [-0.15, -0.1) is 0 Å². The number of anilines is 1. The lowest BCUT2D eigenvalue weighted by Crippen LogP contribution is -2.31. The van der Waals surface area contributed by atoms with Crippen molar-refractivity contribution in [1.82, 2.24) is 10.2 Å². The fourth-order valence-electron chi connectivity index (χ4n) is 5.55. The number of carbonyl (C=O) groups is 1. The zero-order valence-electron chi connectivity index (χ0n) is 20.2. The molecule has 2 amide bonds. The molecule has 1 heterocycles. The van der Waals surface area contributed by atoms with Crippen LogP contribution in [0.1, 0.15) is 62.5 Å². The molecule has 2 saturated carbocycles. The molecule has 2 aromatic carbocycles. The Kier molecular flexibility index (Phi) is 8.64. The van der Waals surface area contributed by atoms with Gasteiger partial charge < -0.3 is 15.5 Å². The summed E-state index contributed by atoms with van der Waals surface area (Å²) in [6.07, 6.45) is 10.4. The number of benzene rings is 2. The number of urea groups is 1. The second-order valence-corrected chi connectivity index (χ2v) is 10.3. The molecule has 0 radical (unpaired) electrons. The summed E-state index contributed by atoms with van der Waals surface area (Å²) in [4.78, 5) is 14.0. The average Bonchev–Trinajstić information content (AvgIpc) is 3.41. The van der Waals surface area contributed by atoms with E-state index in [4.69, 9.17) is 16.9 Å². The van der Waals surface area contributed by atoms with Gasteiger partial charge >= 0.3 is 6.03 Å². The second-order valence-electron chi connectivity index (χ2n) is 9.91. The molecule has 0 spiro atoms. The van der Waals surface area contributed by atoms with Gasteiger partial charge in [-0.1, -0.05) is 36.6 Å². The van der Waals surface area contributed by atoms with E-state index in [0.29, 0.717) is 17.6 Å². The van der Waals surface area contributed by atoms with E-state index in [9.17, 15) is 9.18 Å². The van der Waals surface area contributed by atoms with Gasteiger partial charge in [0.15, 0.2) is 0 Å². The summed E-state index contributed by atoms with van der Waals surface area (Å²) in [7, 11) is 0. The van der Waals surface area contributed by atoms with E-state index in [2.05, 4.69) is 33.7 Å². The first kappa shape index (κ1) is 25.5. The minimum Gasteiger partial charge on any atom is -0.338 e. The molecule has 1 saturated heterocycles. The van der Waals surface area contributed by atoms with E-state index >= 15 is 0 Å². The maximum absolute atomic E-state index is 13.0. The number of nitrogens with zero attached hydrogens (tertiary/aromatic N) is 2. The third kappa shape index (κ3) is 6.74. The first-order valence-corrected chi connectivity index (χ1v) is 13.1. The molecule has 3 aliphatic rings. The van der Waals surface area contributed by atoms with Gasteiger partial charge in [-0.25, -0.2) is 9.18 Å². The molecule has 3 fully saturated rings. The Labute approximate surface area is 212 Å². The minimum absolute atomic E-state index is 0.00293. The Morgan fingerprint density at radius 2 is 2.00 bits per heavy atom. The van der Waals surface area contributed by atoms with Gasteiger partial charge in [0.2, 0.25) is 0 Å². The molecule has 2 unspecified atom stereocenters. The highest BCUT2D eigenvalue weighted by Crippen LogP contribution is 2.62. The van der Waals surface area contributed by atoms with Crippen molar-refractivity contribution in [3.8, 4) is 6.07 Å². The number of halogens is 2. The van der Waals surface area contributed by atoms with Crippen molar-refractivity contribution < 1.29 is 9.18 Å². The smallest absolute Gasteiger partial charge is 0.319 e. The highest BCUT2D eigenvalue weighted by atomic mass is 35.5. The SMILES string of the molecule is N#Cc1cccc(C23CCCCC2C3)c1.O=C(NCCCN1CCCC1)Nc1ccc(F)c(Cl)c1. The maximum Gasteiger partial charge on any atom is 0.319 e. The van der Waals surface area contributed by atoms with Crippen molar-refractivity contribution in [3.63, 3.8) is 0 Å². The number of nitriles is 1.